The highest BCUT2D eigenvalue weighted by Gasteiger charge is 2.23. The number of aromatic hydroxyl groups is 1. The number of hydrogen-bond donors (Lipinski definition) is 2. The predicted octanol–water partition coefficient (Wildman–Crippen LogP) is 2.49. The Morgan fingerprint density at radius 1 is 1.25 bits per heavy atom. The number of nitrogens with one attached hydrogen (secondary N) is 1. The maximum absolute atomic E-state index is 9.41. The van der Waals surface area contributed by atoms with Gasteiger partial charge in [-0.25, -0.2) is 0 Å². The van der Waals surface area contributed by atoms with E-state index in [0.29, 0.717) is 18.7 Å². The van der Waals surface area contributed by atoms with Crippen LogP contribution in [0.5, 0.6) is 11.5 Å². The van der Waals surface area contributed by atoms with E-state index in [4.69, 9.17) is 10.00 Å². The Hall–Kier alpha value is -2.51. The number of phenolic OH excluding ortho intramolecular Hbond substituents is 1. The number of hydrogen-bond acceptors (Lipinski definition) is 4. The summed E-state index contributed by atoms with van der Waals surface area (Å²) in [7, 11) is 0. The van der Waals surface area contributed by atoms with E-state index in [1.165, 1.54) is 0 Å². The number of nitriles is 1. The summed E-state index contributed by atoms with van der Waals surface area (Å²) in [6, 6.07) is 14.9. The summed E-state index contributed by atoms with van der Waals surface area (Å²) in [4.78, 5) is 0. The molecule has 4 nitrogen and oxygen atoms in total. The van der Waals surface area contributed by atoms with Gasteiger partial charge >= 0.3 is 0 Å². The third-order valence-corrected chi connectivity index (χ3v) is 3.41. The summed E-state index contributed by atoms with van der Waals surface area (Å²) >= 11 is 0. The SMILES string of the molecule is N#Cc1ccc(CNC2COc3cc(O)ccc32)cc1. The highest BCUT2D eigenvalue weighted by molar-refractivity contribution is 5.44. The number of nitrogens with zero attached hydrogens (tertiary/aromatic N) is 1. The second-order valence-corrected chi connectivity index (χ2v) is 4.78. The average molecular weight is 266 g/mol. The van der Waals surface area contributed by atoms with Crippen molar-refractivity contribution in [3.05, 3.63) is 59.2 Å². The van der Waals surface area contributed by atoms with Crippen molar-refractivity contribution in [2.45, 2.75) is 12.6 Å². The lowest BCUT2D eigenvalue weighted by atomic mass is 10.1. The molecule has 0 saturated carbocycles. The molecule has 1 heterocycles. The van der Waals surface area contributed by atoms with Gasteiger partial charge in [-0.05, 0) is 29.8 Å². The van der Waals surface area contributed by atoms with Crippen molar-refractivity contribution in [2.24, 2.45) is 0 Å². The molecule has 1 unspecified atom stereocenters. The summed E-state index contributed by atoms with van der Waals surface area (Å²) in [5.74, 6) is 0.957. The first-order chi connectivity index (χ1) is 9.76. The van der Waals surface area contributed by atoms with E-state index < -0.39 is 0 Å². The van der Waals surface area contributed by atoms with Gasteiger partial charge in [0.2, 0.25) is 0 Å². The van der Waals surface area contributed by atoms with E-state index in [1.54, 1.807) is 12.1 Å². The number of rotatable bonds is 3. The van der Waals surface area contributed by atoms with Gasteiger partial charge in [0.25, 0.3) is 0 Å². The maximum atomic E-state index is 9.41. The van der Waals surface area contributed by atoms with Crippen LogP contribution in [0.3, 0.4) is 0 Å². The first-order valence-electron chi connectivity index (χ1n) is 6.44. The molecule has 2 N–H and O–H groups in total. The van der Waals surface area contributed by atoms with Crippen molar-refractivity contribution in [3.63, 3.8) is 0 Å². The molecule has 1 atom stereocenters. The Morgan fingerprint density at radius 3 is 2.80 bits per heavy atom. The molecule has 0 saturated heterocycles. The van der Waals surface area contributed by atoms with Crippen LogP contribution in [0.1, 0.15) is 22.7 Å². The Morgan fingerprint density at radius 2 is 2.05 bits per heavy atom. The first kappa shape index (κ1) is 12.5. The fourth-order valence-electron chi connectivity index (χ4n) is 2.31. The van der Waals surface area contributed by atoms with Crippen LogP contribution in [-0.4, -0.2) is 11.7 Å². The van der Waals surface area contributed by atoms with Gasteiger partial charge in [0, 0.05) is 18.2 Å². The summed E-state index contributed by atoms with van der Waals surface area (Å²) in [5.41, 5.74) is 2.85. The van der Waals surface area contributed by atoms with Gasteiger partial charge in [-0.2, -0.15) is 5.26 Å². The van der Waals surface area contributed by atoms with Gasteiger partial charge in [0.05, 0.1) is 17.7 Å². The number of phenols is 1. The third-order valence-electron chi connectivity index (χ3n) is 3.41. The summed E-state index contributed by atoms with van der Waals surface area (Å²) in [6.07, 6.45) is 0. The maximum Gasteiger partial charge on any atom is 0.127 e. The first-order valence-corrected chi connectivity index (χ1v) is 6.44. The predicted molar refractivity (Wildman–Crippen MR) is 74.3 cm³/mol. The molecule has 0 amide bonds. The Kier molecular flexibility index (Phi) is 3.28. The molecule has 0 bridgehead atoms. The second-order valence-electron chi connectivity index (χ2n) is 4.78. The van der Waals surface area contributed by atoms with Crippen molar-refractivity contribution in [1.29, 1.82) is 5.26 Å². The van der Waals surface area contributed by atoms with Crippen molar-refractivity contribution in [2.75, 3.05) is 6.61 Å². The number of benzene rings is 2. The molecule has 4 heteroatoms. The van der Waals surface area contributed by atoms with Gasteiger partial charge in [-0.15, -0.1) is 0 Å². The summed E-state index contributed by atoms with van der Waals surface area (Å²) in [6.45, 7) is 1.27. The van der Waals surface area contributed by atoms with Crippen LogP contribution in [-0.2, 0) is 6.54 Å². The van der Waals surface area contributed by atoms with E-state index in [1.807, 2.05) is 30.3 Å². The van der Waals surface area contributed by atoms with E-state index >= 15 is 0 Å². The van der Waals surface area contributed by atoms with E-state index in [2.05, 4.69) is 11.4 Å². The number of ether oxygens (including phenoxy) is 1. The number of fused-ring (bicyclic) bond motifs is 1. The second kappa shape index (κ2) is 5.24. The van der Waals surface area contributed by atoms with Gasteiger partial charge < -0.3 is 15.2 Å². The molecule has 2 aromatic carbocycles. The van der Waals surface area contributed by atoms with Crippen molar-refractivity contribution < 1.29 is 9.84 Å². The molecule has 100 valence electrons. The monoisotopic (exact) mass is 266 g/mol. The highest BCUT2D eigenvalue weighted by Crippen LogP contribution is 2.34. The van der Waals surface area contributed by atoms with E-state index in [0.717, 1.165) is 16.9 Å². The lowest BCUT2D eigenvalue weighted by molar-refractivity contribution is 0.309. The lowest BCUT2D eigenvalue weighted by Crippen LogP contribution is -2.21. The van der Waals surface area contributed by atoms with E-state index in [-0.39, 0.29) is 11.8 Å². The minimum absolute atomic E-state index is 0.126. The molecule has 20 heavy (non-hydrogen) atoms. The molecule has 0 fully saturated rings. The van der Waals surface area contributed by atoms with Crippen LogP contribution < -0.4 is 10.1 Å². The molecule has 1 aliphatic heterocycles. The van der Waals surface area contributed by atoms with Crippen molar-refractivity contribution in [1.82, 2.24) is 5.32 Å². The smallest absolute Gasteiger partial charge is 0.127 e. The van der Waals surface area contributed by atoms with Gasteiger partial charge in [-0.1, -0.05) is 12.1 Å². The molecule has 2 aromatic rings. The van der Waals surface area contributed by atoms with Gasteiger partial charge in [-0.3, -0.25) is 0 Å². The molecule has 0 aliphatic carbocycles. The van der Waals surface area contributed by atoms with Crippen molar-refractivity contribution in [3.8, 4) is 17.6 Å². The molecule has 0 aromatic heterocycles. The molecular weight excluding hydrogens is 252 g/mol. The summed E-state index contributed by atoms with van der Waals surface area (Å²) in [5, 5.41) is 21.6. The molecule has 1 aliphatic rings. The van der Waals surface area contributed by atoms with Crippen LogP contribution >= 0.6 is 0 Å². The molecule has 0 spiro atoms. The minimum atomic E-state index is 0.126. The van der Waals surface area contributed by atoms with Crippen LogP contribution in [0.15, 0.2) is 42.5 Å². The standard InChI is InChI=1S/C16H14N2O2/c17-8-11-1-3-12(4-2-11)9-18-15-10-20-16-7-13(19)5-6-14(15)16/h1-7,15,18-19H,9-10H2. The van der Waals surface area contributed by atoms with Crippen LogP contribution in [0.4, 0.5) is 0 Å². The van der Waals surface area contributed by atoms with Crippen LogP contribution in [0.25, 0.3) is 0 Å². The normalized spacial score (nSPS) is 16.2. The van der Waals surface area contributed by atoms with E-state index in [9.17, 15) is 5.11 Å². The van der Waals surface area contributed by atoms with Gasteiger partial charge in [0.1, 0.15) is 18.1 Å². The zero-order valence-corrected chi connectivity index (χ0v) is 10.8. The topological polar surface area (TPSA) is 65.3 Å². The fraction of sp³-hybridized carbons (Fsp3) is 0.188. The highest BCUT2D eigenvalue weighted by atomic mass is 16.5. The fourth-order valence-corrected chi connectivity index (χ4v) is 2.31. The van der Waals surface area contributed by atoms with Crippen LogP contribution in [0, 0.1) is 11.3 Å². The Balaban J connectivity index is 1.67. The minimum Gasteiger partial charge on any atom is -0.508 e. The van der Waals surface area contributed by atoms with Crippen molar-refractivity contribution >= 4 is 0 Å². The van der Waals surface area contributed by atoms with Crippen LogP contribution in [0.2, 0.25) is 0 Å². The average Bonchev–Trinajstić information content (AvgIpc) is 2.88. The Labute approximate surface area is 117 Å². The summed E-state index contributed by atoms with van der Waals surface area (Å²) < 4.78 is 5.55. The lowest BCUT2D eigenvalue weighted by Gasteiger charge is -2.11. The van der Waals surface area contributed by atoms with Gasteiger partial charge in [0.15, 0.2) is 0 Å². The molecule has 3 rings (SSSR count). The largest absolute Gasteiger partial charge is 0.508 e. The molecular formula is C16H14N2O2. The zero-order valence-electron chi connectivity index (χ0n) is 10.8. The molecule has 0 radical (unpaired) electrons. The quantitative estimate of drug-likeness (QED) is 0.895. The Bertz CT molecular complexity index is 659. The third kappa shape index (κ3) is 2.44. The zero-order chi connectivity index (χ0) is 13.9.